The van der Waals surface area contributed by atoms with E-state index in [1.807, 2.05) is 48.5 Å². The van der Waals surface area contributed by atoms with Gasteiger partial charge in [-0.25, -0.2) is 14.6 Å². The van der Waals surface area contributed by atoms with Crippen molar-refractivity contribution < 1.29 is 8.78 Å². The van der Waals surface area contributed by atoms with Crippen LogP contribution in [0.1, 0.15) is 5.56 Å². The van der Waals surface area contributed by atoms with Crippen LogP contribution >= 0.6 is 11.6 Å². The standard InChI is InChI=1S/C18H19ClF2N4/c1-24(22)17(18(20)21)16-14-4-2-3-5-15(14)25(11-10-23-16)13-8-6-12(19)7-9-13/h2-9,18,23H,10-11,22H2,1H3. The predicted octanol–water partition coefficient (Wildman–Crippen LogP) is 3.82. The van der Waals surface area contributed by atoms with E-state index < -0.39 is 6.43 Å². The second-order valence-electron chi connectivity index (χ2n) is 5.74. The molecule has 0 saturated heterocycles. The molecule has 1 aliphatic rings. The largest absolute Gasteiger partial charge is 0.381 e. The molecule has 7 heteroatoms. The summed E-state index contributed by atoms with van der Waals surface area (Å²) in [4.78, 5) is 2.07. The van der Waals surface area contributed by atoms with Crippen LogP contribution in [-0.4, -0.2) is 31.6 Å². The van der Waals surface area contributed by atoms with Gasteiger partial charge in [0.1, 0.15) is 5.70 Å². The number of nitrogens with zero attached hydrogens (tertiary/aromatic N) is 2. The van der Waals surface area contributed by atoms with Crippen molar-refractivity contribution in [2.45, 2.75) is 6.43 Å². The van der Waals surface area contributed by atoms with Gasteiger partial charge < -0.3 is 15.2 Å². The van der Waals surface area contributed by atoms with Gasteiger partial charge in [0.2, 0.25) is 0 Å². The van der Waals surface area contributed by atoms with Crippen LogP contribution in [-0.2, 0) is 0 Å². The molecule has 4 nitrogen and oxygen atoms in total. The molecule has 3 rings (SSSR count). The summed E-state index contributed by atoms with van der Waals surface area (Å²) in [5, 5.41) is 4.74. The lowest BCUT2D eigenvalue weighted by molar-refractivity contribution is 0.150. The average molecular weight is 365 g/mol. The zero-order valence-electron chi connectivity index (χ0n) is 13.7. The molecule has 0 atom stereocenters. The molecular weight excluding hydrogens is 346 g/mol. The number of hydrazine groups is 1. The Kier molecular flexibility index (Phi) is 5.11. The first-order chi connectivity index (χ1) is 12.0. The maximum atomic E-state index is 13.6. The Morgan fingerprint density at radius 1 is 1.20 bits per heavy atom. The highest BCUT2D eigenvalue weighted by atomic mass is 35.5. The fourth-order valence-corrected chi connectivity index (χ4v) is 3.11. The zero-order chi connectivity index (χ0) is 18.0. The maximum Gasteiger partial charge on any atom is 0.281 e. The molecule has 1 aliphatic heterocycles. The van der Waals surface area contributed by atoms with Gasteiger partial charge in [0.25, 0.3) is 6.43 Å². The highest BCUT2D eigenvalue weighted by Crippen LogP contribution is 2.36. The van der Waals surface area contributed by atoms with Crippen LogP contribution in [0.25, 0.3) is 5.70 Å². The van der Waals surface area contributed by atoms with Gasteiger partial charge in [0.05, 0.1) is 11.4 Å². The van der Waals surface area contributed by atoms with Crippen LogP contribution in [0.5, 0.6) is 0 Å². The van der Waals surface area contributed by atoms with Crippen molar-refractivity contribution in [1.82, 2.24) is 10.3 Å². The number of allylic oxidation sites excluding steroid dienone is 1. The van der Waals surface area contributed by atoms with E-state index in [9.17, 15) is 8.78 Å². The highest BCUT2D eigenvalue weighted by Gasteiger charge is 2.26. The molecular formula is C18H19ClF2N4. The summed E-state index contributed by atoms with van der Waals surface area (Å²) in [6, 6.07) is 14.9. The van der Waals surface area contributed by atoms with Gasteiger partial charge in [-0.3, -0.25) is 0 Å². The van der Waals surface area contributed by atoms with Crippen molar-refractivity contribution in [1.29, 1.82) is 0 Å². The third kappa shape index (κ3) is 3.55. The number of fused-ring (bicyclic) bond motifs is 1. The molecule has 0 saturated carbocycles. The molecule has 2 aromatic rings. The van der Waals surface area contributed by atoms with Crippen molar-refractivity contribution in [3.8, 4) is 0 Å². The topological polar surface area (TPSA) is 44.5 Å². The van der Waals surface area contributed by atoms with Crippen molar-refractivity contribution >= 4 is 28.7 Å². The SMILES string of the molecule is CN(N)C(=C1NCCN(c2ccc(Cl)cc2)c2ccccc21)C(F)F. The summed E-state index contributed by atoms with van der Waals surface area (Å²) in [5.41, 5.74) is 2.59. The van der Waals surface area contributed by atoms with Crippen LogP contribution in [0.15, 0.2) is 54.2 Å². The van der Waals surface area contributed by atoms with Crippen LogP contribution in [0, 0.1) is 0 Å². The lowest BCUT2D eigenvalue weighted by Crippen LogP contribution is -2.33. The third-order valence-corrected chi connectivity index (χ3v) is 4.33. The Bertz CT molecular complexity index is 765. The summed E-state index contributed by atoms with van der Waals surface area (Å²) in [5.74, 6) is 5.67. The summed E-state index contributed by atoms with van der Waals surface area (Å²) in [7, 11) is 1.42. The van der Waals surface area contributed by atoms with Crippen molar-refractivity contribution in [2.24, 2.45) is 5.84 Å². The Morgan fingerprint density at radius 2 is 1.88 bits per heavy atom. The number of nitrogens with one attached hydrogen (secondary N) is 1. The van der Waals surface area contributed by atoms with Gasteiger partial charge in [-0.1, -0.05) is 29.8 Å². The Labute approximate surface area is 150 Å². The van der Waals surface area contributed by atoms with Crippen LogP contribution in [0.4, 0.5) is 20.2 Å². The van der Waals surface area contributed by atoms with Gasteiger partial charge in [-0.2, -0.15) is 0 Å². The van der Waals surface area contributed by atoms with E-state index in [1.54, 1.807) is 0 Å². The number of benzene rings is 2. The van der Waals surface area contributed by atoms with Crippen molar-refractivity contribution in [3.05, 3.63) is 64.8 Å². The molecule has 0 unspecified atom stereocenters. The summed E-state index contributed by atoms with van der Waals surface area (Å²) in [6.45, 7) is 1.11. The Morgan fingerprint density at radius 3 is 2.52 bits per heavy atom. The summed E-state index contributed by atoms with van der Waals surface area (Å²) >= 11 is 5.98. The fourth-order valence-electron chi connectivity index (χ4n) is 2.99. The van der Waals surface area contributed by atoms with E-state index >= 15 is 0 Å². The zero-order valence-corrected chi connectivity index (χ0v) is 14.5. The van der Waals surface area contributed by atoms with E-state index in [2.05, 4.69) is 10.2 Å². The van der Waals surface area contributed by atoms with Gasteiger partial charge in [-0.05, 0) is 30.3 Å². The maximum absolute atomic E-state index is 13.6. The predicted molar refractivity (Wildman–Crippen MR) is 97.8 cm³/mol. The lowest BCUT2D eigenvalue weighted by atomic mass is 10.1. The minimum absolute atomic E-state index is 0.231. The molecule has 25 heavy (non-hydrogen) atoms. The average Bonchev–Trinajstić information content (AvgIpc) is 2.76. The molecule has 0 spiro atoms. The number of rotatable bonds is 3. The molecule has 3 N–H and O–H groups in total. The van der Waals surface area contributed by atoms with Gasteiger partial charge in [0.15, 0.2) is 0 Å². The molecule has 0 fully saturated rings. The molecule has 2 aromatic carbocycles. The van der Waals surface area contributed by atoms with Crippen LogP contribution in [0.3, 0.4) is 0 Å². The number of hydrogen-bond donors (Lipinski definition) is 2. The third-order valence-electron chi connectivity index (χ3n) is 4.08. The molecule has 0 bridgehead atoms. The molecule has 0 amide bonds. The Hall–Kier alpha value is -2.31. The van der Waals surface area contributed by atoms with E-state index in [0.717, 1.165) is 16.4 Å². The molecule has 0 aliphatic carbocycles. The van der Waals surface area contributed by atoms with Crippen molar-refractivity contribution in [3.63, 3.8) is 0 Å². The van der Waals surface area contributed by atoms with Crippen molar-refractivity contribution in [2.75, 3.05) is 25.0 Å². The quantitative estimate of drug-likeness (QED) is 0.642. The summed E-state index contributed by atoms with van der Waals surface area (Å²) in [6.07, 6.45) is -2.69. The highest BCUT2D eigenvalue weighted by molar-refractivity contribution is 6.30. The lowest BCUT2D eigenvalue weighted by Gasteiger charge is -2.25. The smallest absolute Gasteiger partial charge is 0.281 e. The number of para-hydroxylation sites is 1. The van der Waals surface area contributed by atoms with Gasteiger partial charge >= 0.3 is 0 Å². The first-order valence-corrected chi connectivity index (χ1v) is 8.24. The summed E-state index contributed by atoms with van der Waals surface area (Å²) < 4.78 is 27.2. The number of hydrogen-bond acceptors (Lipinski definition) is 4. The fraction of sp³-hybridized carbons (Fsp3) is 0.222. The number of halogens is 3. The number of anilines is 2. The molecule has 0 aromatic heterocycles. The molecule has 1 heterocycles. The van der Waals surface area contributed by atoms with Crippen LogP contribution < -0.4 is 16.1 Å². The van der Waals surface area contributed by atoms with Gasteiger partial charge in [-0.15, -0.1) is 0 Å². The van der Waals surface area contributed by atoms with Crippen LogP contribution in [0.2, 0.25) is 5.02 Å². The minimum atomic E-state index is -2.69. The minimum Gasteiger partial charge on any atom is -0.381 e. The number of nitrogens with two attached hydrogens (primary N) is 1. The first kappa shape index (κ1) is 17.5. The van der Waals surface area contributed by atoms with E-state index in [1.165, 1.54) is 7.05 Å². The number of alkyl halides is 2. The Balaban J connectivity index is 2.16. The second kappa shape index (κ2) is 7.29. The second-order valence-corrected chi connectivity index (χ2v) is 6.18. The monoisotopic (exact) mass is 364 g/mol. The van der Waals surface area contributed by atoms with Gasteiger partial charge in [0, 0.05) is 36.4 Å². The van der Waals surface area contributed by atoms with E-state index in [0.29, 0.717) is 29.4 Å². The molecule has 0 radical (unpaired) electrons. The van der Waals surface area contributed by atoms with E-state index in [4.69, 9.17) is 17.4 Å². The molecule has 132 valence electrons. The first-order valence-electron chi connectivity index (χ1n) is 7.86. The van der Waals surface area contributed by atoms with E-state index in [-0.39, 0.29) is 5.70 Å². The normalized spacial score (nSPS) is 16.2.